The van der Waals surface area contributed by atoms with Crippen LogP contribution in [0.1, 0.15) is 5.56 Å². The van der Waals surface area contributed by atoms with Gasteiger partial charge in [0.2, 0.25) is 30.1 Å². The van der Waals surface area contributed by atoms with E-state index in [2.05, 4.69) is 0 Å². The van der Waals surface area contributed by atoms with Gasteiger partial charge in [-0.15, -0.1) is 0 Å². The van der Waals surface area contributed by atoms with Gasteiger partial charge in [0.1, 0.15) is 0 Å². The van der Waals surface area contributed by atoms with E-state index in [4.69, 9.17) is 0 Å². The summed E-state index contributed by atoms with van der Waals surface area (Å²) in [4.78, 5) is 0.520. The predicted octanol–water partition coefficient (Wildman–Crippen LogP) is 4.26. The average Bonchev–Trinajstić information content (AvgIpc) is 3.87. The Morgan fingerprint density at radius 2 is 0.917 bits per heavy atom. The van der Waals surface area contributed by atoms with Crippen LogP contribution in [0.5, 0.6) is 0 Å². The first-order valence-electron chi connectivity index (χ1n) is 15.7. The first-order valence-corrected chi connectivity index (χ1v) is 20.0. The highest BCUT2D eigenvalue weighted by atomic mass is 32.2. The van der Waals surface area contributed by atoms with Crippen LogP contribution in [0.15, 0.2) is 158 Å². The van der Waals surface area contributed by atoms with E-state index < -0.39 is 41.4 Å². The van der Waals surface area contributed by atoms with Gasteiger partial charge in [-0.1, -0.05) is 84.9 Å². The van der Waals surface area contributed by atoms with Gasteiger partial charge in [-0.25, -0.2) is 25.3 Å². The normalized spacial score (nSPS) is 23.7. The van der Waals surface area contributed by atoms with E-state index in [1.54, 1.807) is 91.0 Å². The molecule has 4 aromatic carbocycles. The Bertz CT molecular complexity index is 2300. The Morgan fingerprint density at radius 1 is 0.479 bits per heavy atom. The number of benzene rings is 4. The van der Waals surface area contributed by atoms with E-state index >= 15 is 0 Å². The Labute approximate surface area is 281 Å². The van der Waals surface area contributed by atoms with E-state index in [9.17, 15) is 25.3 Å². The van der Waals surface area contributed by atoms with Crippen LogP contribution >= 0.6 is 0 Å². The molecule has 0 aromatic heterocycles. The minimum absolute atomic E-state index is 0.0668. The van der Waals surface area contributed by atoms with Crippen LogP contribution in [0.2, 0.25) is 0 Å². The van der Waals surface area contributed by atoms with Crippen LogP contribution in [0.3, 0.4) is 0 Å². The number of rotatable bonds is 7. The average molecular weight is 700 g/mol. The van der Waals surface area contributed by atoms with E-state index in [1.807, 2.05) is 30.3 Å². The minimum atomic E-state index is -3.95. The van der Waals surface area contributed by atoms with Crippen LogP contribution in [0.25, 0.3) is 0 Å². The summed E-state index contributed by atoms with van der Waals surface area (Å²) in [6, 6.07) is 34.5. The second-order valence-corrected chi connectivity index (χ2v) is 18.4. The monoisotopic (exact) mass is 699 g/mol. The van der Waals surface area contributed by atoms with Crippen molar-refractivity contribution in [3.63, 3.8) is 0 Å². The van der Waals surface area contributed by atoms with Gasteiger partial charge >= 0.3 is 0 Å². The smallest absolute Gasteiger partial charge is 0.207 e. The molecule has 12 heteroatoms. The molecule has 4 aliphatic rings. The van der Waals surface area contributed by atoms with Crippen molar-refractivity contribution in [2.24, 2.45) is 5.92 Å². The number of nitrogens with zero attached hydrogens (tertiary/aromatic N) is 3. The largest absolute Gasteiger partial charge is 0.243 e. The molecule has 3 saturated heterocycles. The van der Waals surface area contributed by atoms with Crippen LogP contribution in [-0.4, -0.2) is 77.4 Å². The van der Waals surface area contributed by atoms with Crippen molar-refractivity contribution in [1.82, 2.24) is 12.9 Å². The lowest BCUT2D eigenvalue weighted by Gasteiger charge is -2.42. The summed E-state index contributed by atoms with van der Waals surface area (Å²) < 4.78 is 89.1. The molecule has 2 atom stereocenters. The lowest BCUT2D eigenvalue weighted by atomic mass is 9.60. The van der Waals surface area contributed by atoms with Gasteiger partial charge in [0.05, 0.1) is 14.7 Å². The molecule has 246 valence electrons. The molecular formula is C36H33N3O6S3. The molecule has 3 heterocycles. The second kappa shape index (κ2) is 11.3. The number of sulfonamides is 3. The predicted molar refractivity (Wildman–Crippen MR) is 181 cm³/mol. The number of hydrogen-bond donors (Lipinski definition) is 0. The van der Waals surface area contributed by atoms with Crippen molar-refractivity contribution in [3.8, 4) is 0 Å². The molecule has 3 fully saturated rings. The highest BCUT2D eigenvalue weighted by molar-refractivity contribution is 7.89. The fraction of sp³-hybridized carbons (Fsp3) is 0.222. The fourth-order valence-electron chi connectivity index (χ4n) is 7.99. The fourth-order valence-corrected chi connectivity index (χ4v) is 12.3. The molecule has 0 bridgehead atoms. The third-order valence-corrected chi connectivity index (χ3v) is 15.7. The third-order valence-electron chi connectivity index (χ3n) is 10.3. The standard InChI is InChI=1S/C36H33N3O6S3/c40-46(41,28-15-7-2-8-16-28)37-21-31-32(22-37)35-25-39(48(44,45)30-19-11-4-12-20-30)26-36(35,27-13-5-1-6-14-27)34-24-38(23-33(31)34)47(42,43)29-17-9-3-10-18-29/h1-20,34H,21-26H2/t34-,36+/m0/s1. The lowest BCUT2D eigenvalue weighted by molar-refractivity contribution is 0.335. The maximum absolute atomic E-state index is 14.2. The van der Waals surface area contributed by atoms with E-state index in [1.165, 1.54) is 12.9 Å². The summed E-state index contributed by atoms with van der Waals surface area (Å²) in [6.45, 7) is 0.535. The Balaban J connectivity index is 1.33. The summed E-state index contributed by atoms with van der Waals surface area (Å²) >= 11 is 0. The molecule has 0 saturated carbocycles. The Kier molecular flexibility index (Phi) is 7.40. The molecule has 0 amide bonds. The van der Waals surface area contributed by atoms with Gasteiger partial charge in [-0.05, 0) is 64.3 Å². The topological polar surface area (TPSA) is 112 Å². The Morgan fingerprint density at radius 3 is 1.44 bits per heavy atom. The molecule has 0 radical (unpaired) electrons. The van der Waals surface area contributed by atoms with Crippen molar-refractivity contribution in [1.29, 1.82) is 0 Å². The second-order valence-electron chi connectivity index (χ2n) is 12.6. The SMILES string of the molecule is O=S(=O)(c1ccccc1)N1CC2=C3CN(S(=O)(=O)c4ccccc4)C[C@@H]3[C@]3(c4ccccc4)CN(S(=O)(=O)c4ccccc4)CC3=C2C1. The maximum Gasteiger partial charge on any atom is 0.243 e. The van der Waals surface area contributed by atoms with Gasteiger partial charge in [0.25, 0.3) is 0 Å². The quantitative estimate of drug-likeness (QED) is 0.285. The van der Waals surface area contributed by atoms with Crippen molar-refractivity contribution in [2.75, 3.05) is 39.3 Å². The highest BCUT2D eigenvalue weighted by Gasteiger charge is 2.60. The highest BCUT2D eigenvalue weighted by Crippen LogP contribution is 2.58. The zero-order valence-corrected chi connectivity index (χ0v) is 28.3. The maximum atomic E-state index is 14.2. The lowest BCUT2D eigenvalue weighted by Crippen LogP contribution is -2.44. The first kappa shape index (κ1) is 31.4. The third kappa shape index (κ3) is 4.69. The molecule has 0 N–H and O–H groups in total. The van der Waals surface area contributed by atoms with Gasteiger partial charge in [-0.3, -0.25) is 0 Å². The van der Waals surface area contributed by atoms with Crippen molar-refractivity contribution < 1.29 is 25.3 Å². The van der Waals surface area contributed by atoms with Crippen molar-refractivity contribution in [3.05, 3.63) is 149 Å². The van der Waals surface area contributed by atoms with Crippen LogP contribution in [-0.2, 0) is 35.5 Å². The molecule has 3 aliphatic heterocycles. The summed E-state index contributed by atoms with van der Waals surface area (Å²) in [5.74, 6) is -0.414. The molecule has 4 aromatic rings. The zero-order chi connectivity index (χ0) is 33.3. The summed E-state index contributed by atoms with van der Waals surface area (Å²) in [5.41, 5.74) is 3.23. The summed E-state index contributed by atoms with van der Waals surface area (Å²) in [5, 5.41) is 0. The van der Waals surface area contributed by atoms with E-state index in [-0.39, 0.29) is 54.0 Å². The van der Waals surface area contributed by atoms with Gasteiger partial charge in [0, 0.05) is 50.6 Å². The molecule has 1 aliphatic carbocycles. The first-order chi connectivity index (χ1) is 23.0. The summed E-state index contributed by atoms with van der Waals surface area (Å²) in [6.07, 6.45) is 0. The van der Waals surface area contributed by atoms with E-state index in [0.29, 0.717) is 0 Å². The number of fused-ring (bicyclic) bond motifs is 4. The van der Waals surface area contributed by atoms with Crippen molar-refractivity contribution in [2.45, 2.75) is 20.1 Å². The molecule has 0 spiro atoms. The number of hydrogen-bond acceptors (Lipinski definition) is 6. The summed E-state index contributed by atoms with van der Waals surface area (Å²) in [7, 11) is -11.8. The van der Waals surface area contributed by atoms with E-state index in [0.717, 1.165) is 27.9 Å². The molecule has 8 rings (SSSR count). The molecule has 9 nitrogen and oxygen atoms in total. The molecule has 0 unspecified atom stereocenters. The van der Waals surface area contributed by atoms with Crippen molar-refractivity contribution >= 4 is 30.1 Å². The van der Waals surface area contributed by atoms with Gasteiger partial charge in [-0.2, -0.15) is 12.9 Å². The van der Waals surface area contributed by atoms with Crippen LogP contribution in [0.4, 0.5) is 0 Å². The van der Waals surface area contributed by atoms with Gasteiger partial charge in [0.15, 0.2) is 0 Å². The minimum Gasteiger partial charge on any atom is -0.207 e. The Hall–Kier alpha value is -3.91. The zero-order valence-electron chi connectivity index (χ0n) is 25.9. The van der Waals surface area contributed by atoms with Crippen LogP contribution < -0.4 is 0 Å². The molecule has 48 heavy (non-hydrogen) atoms. The van der Waals surface area contributed by atoms with Crippen LogP contribution in [0, 0.1) is 5.92 Å². The van der Waals surface area contributed by atoms with Gasteiger partial charge < -0.3 is 0 Å². The molecular weight excluding hydrogens is 667 g/mol.